The van der Waals surface area contributed by atoms with Gasteiger partial charge in [0, 0.05) is 12.6 Å². The van der Waals surface area contributed by atoms with Crippen LogP contribution in [0.4, 0.5) is 0 Å². The molecule has 0 aromatic heterocycles. The van der Waals surface area contributed by atoms with Gasteiger partial charge in [0.05, 0.1) is 6.10 Å². The van der Waals surface area contributed by atoms with Crippen molar-refractivity contribution in [1.29, 1.82) is 0 Å². The van der Waals surface area contributed by atoms with Gasteiger partial charge < -0.3 is 4.74 Å². The third kappa shape index (κ3) is 5.37. The highest BCUT2D eigenvalue weighted by atomic mass is 16.5. The molecule has 2 atom stereocenters. The zero-order valence-corrected chi connectivity index (χ0v) is 9.46. The Morgan fingerprint density at radius 1 is 1.50 bits per heavy atom. The normalized spacial score (nSPS) is 15.1. The number of allylic oxidation sites excluding steroid dienone is 1. The molecule has 0 rings (SSSR count). The van der Waals surface area contributed by atoms with E-state index in [1.807, 2.05) is 13.0 Å². The van der Waals surface area contributed by atoms with Crippen LogP contribution >= 0.6 is 0 Å². The van der Waals surface area contributed by atoms with Crippen molar-refractivity contribution in [1.82, 2.24) is 5.43 Å². The Kier molecular flexibility index (Phi) is 8.94. The summed E-state index contributed by atoms with van der Waals surface area (Å²) < 4.78 is 5.61. The molecule has 84 valence electrons. The zero-order valence-electron chi connectivity index (χ0n) is 9.46. The highest BCUT2D eigenvalue weighted by molar-refractivity contribution is 4.76. The van der Waals surface area contributed by atoms with E-state index >= 15 is 0 Å². The van der Waals surface area contributed by atoms with E-state index in [2.05, 4.69) is 18.9 Å². The van der Waals surface area contributed by atoms with Crippen LogP contribution in [0.1, 0.15) is 39.5 Å². The summed E-state index contributed by atoms with van der Waals surface area (Å²) >= 11 is 0. The maximum absolute atomic E-state index is 5.61. The summed E-state index contributed by atoms with van der Waals surface area (Å²) in [6.45, 7) is 8.59. The van der Waals surface area contributed by atoms with Crippen molar-refractivity contribution < 1.29 is 4.74 Å². The molecule has 0 aliphatic carbocycles. The van der Waals surface area contributed by atoms with Gasteiger partial charge in [-0.15, -0.1) is 6.58 Å². The molecule has 0 radical (unpaired) electrons. The van der Waals surface area contributed by atoms with E-state index in [0.29, 0.717) is 0 Å². The number of nitrogens with two attached hydrogens (primary N) is 1. The van der Waals surface area contributed by atoms with E-state index in [9.17, 15) is 0 Å². The number of hydrogen-bond donors (Lipinski definition) is 2. The van der Waals surface area contributed by atoms with Crippen LogP contribution in [0, 0.1) is 0 Å². The Bertz CT molecular complexity index is 139. The first kappa shape index (κ1) is 13.6. The minimum Gasteiger partial charge on any atom is -0.377 e. The lowest BCUT2D eigenvalue weighted by Gasteiger charge is -2.25. The molecule has 0 amide bonds. The first-order chi connectivity index (χ1) is 6.79. The third-order valence-electron chi connectivity index (χ3n) is 2.37. The molecule has 0 spiro atoms. The molecule has 0 fully saturated rings. The van der Waals surface area contributed by atoms with Crippen LogP contribution in [0.3, 0.4) is 0 Å². The van der Waals surface area contributed by atoms with Gasteiger partial charge in [0.2, 0.25) is 0 Å². The van der Waals surface area contributed by atoms with Crippen LogP contribution in [0.5, 0.6) is 0 Å². The lowest BCUT2D eigenvalue weighted by atomic mass is 10.0. The van der Waals surface area contributed by atoms with Crippen LogP contribution in [-0.2, 0) is 4.74 Å². The van der Waals surface area contributed by atoms with E-state index in [4.69, 9.17) is 10.6 Å². The second-order valence-corrected chi connectivity index (χ2v) is 3.39. The van der Waals surface area contributed by atoms with Crippen LogP contribution in [0.25, 0.3) is 0 Å². The Morgan fingerprint density at radius 2 is 2.21 bits per heavy atom. The number of hydrogen-bond acceptors (Lipinski definition) is 3. The van der Waals surface area contributed by atoms with E-state index in [1.165, 1.54) is 0 Å². The number of nitrogens with one attached hydrogen (secondary N) is 1. The minimum atomic E-state index is 0.231. The molecular formula is C11H24N2O. The molecule has 0 saturated carbocycles. The highest BCUT2D eigenvalue weighted by Gasteiger charge is 2.17. The summed E-state index contributed by atoms with van der Waals surface area (Å²) in [4.78, 5) is 0. The Hall–Kier alpha value is -0.380. The van der Waals surface area contributed by atoms with E-state index in [0.717, 1.165) is 32.3 Å². The number of hydrazine groups is 1. The van der Waals surface area contributed by atoms with Gasteiger partial charge in [0.15, 0.2) is 0 Å². The molecule has 14 heavy (non-hydrogen) atoms. The molecule has 0 aliphatic rings. The SMILES string of the molecule is C=CCCCC(NN)C(CC)OCC. The fraction of sp³-hybridized carbons (Fsp3) is 0.818. The highest BCUT2D eigenvalue weighted by Crippen LogP contribution is 2.10. The molecule has 0 saturated heterocycles. The van der Waals surface area contributed by atoms with Crippen molar-refractivity contribution in [2.75, 3.05) is 6.61 Å². The predicted molar refractivity (Wildman–Crippen MR) is 60.9 cm³/mol. The summed E-state index contributed by atoms with van der Waals surface area (Å²) in [7, 11) is 0. The monoisotopic (exact) mass is 200 g/mol. The van der Waals surface area contributed by atoms with E-state index < -0.39 is 0 Å². The van der Waals surface area contributed by atoms with Crippen molar-refractivity contribution in [3.05, 3.63) is 12.7 Å². The zero-order chi connectivity index (χ0) is 10.8. The number of unbranched alkanes of at least 4 members (excludes halogenated alkanes) is 1. The Morgan fingerprint density at radius 3 is 2.64 bits per heavy atom. The molecule has 2 unspecified atom stereocenters. The Labute approximate surface area is 87.7 Å². The molecule has 0 heterocycles. The summed E-state index contributed by atoms with van der Waals surface area (Å²) in [5.74, 6) is 5.51. The van der Waals surface area contributed by atoms with Crippen LogP contribution in [0.15, 0.2) is 12.7 Å². The number of rotatable bonds is 9. The molecule has 0 bridgehead atoms. The van der Waals surface area contributed by atoms with Crippen LogP contribution in [0.2, 0.25) is 0 Å². The van der Waals surface area contributed by atoms with Crippen molar-refractivity contribution in [2.45, 2.75) is 51.7 Å². The largest absolute Gasteiger partial charge is 0.377 e. The van der Waals surface area contributed by atoms with Crippen molar-refractivity contribution >= 4 is 0 Å². The smallest absolute Gasteiger partial charge is 0.0738 e. The molecule has 3 heteroatoms. The fourth-order valence-corrected chi connectivity index (χ4v) is 1.59. The maximum Gasteiger partial charge on any atom is 0.0738 e. The molecular weight excluding hydrogens is 176 g/mol. The van der Waals surface area contributed by atoms with Gasteiger partial charge >= 0.3 is 0 Å². The Balaban J connectivity index is 3.87. The lowest BCUT2D eigenvalue weighted by Crippen LogP contribution is -2.45. The predicted octanol–water partition coefficient (Wildman–Crippen LogP) is 1.99. The molecule has 0 aromatic carbocycles. The summed E-state index contributed by atoms with van der Waals surface area (Å²) in [5, 5.41) is 0. The average Bonchev–Trinajstić information content (AvgIpc) is 2.22. The van der Waals surface area contributed by atoms with Crippen LogP contribution in [-0.4, -0.2) is 18.8 Å². The fourth-order valence-electron chi connectivity index (χ4n) is 1.59. The minimum absolute atomic E-state index is 0.231. The van der Waals surface area contributed by atoms with Crippen molar-refractivity contribution in [3.63, 3.8) is 0 Å². The van der Waals surface area contributed by atoms with Gasteiger partial charge in [0.25, 0.3) is 0 Å². The molecule has 0 aliphatic heterocycles. The topological polar surface area (TPSA) is 47.3 Å². The lowest BCUT2D eigenvalue weighted by molar-refractivity contribution is 0.0292. The second-order valence-electron chi connectivity index (χ2n) is 3.39. The van der Waals surface area contributed by atoms with Crippen LogP contribution < -0.4 is 11.3 Å². The van der Waals surface area contributed by atoms with Gasteiger partial charge in [-0.2, -0.15) is 0 Å². The second kappa shape index (κ2) is 9.19. The van der Waals surface area contributed by atoms with E-state index in [-0.39, 0.29) is 12.1 Å². The van der Waals surface area contributed by atoms with Gasteiger partial charge in [0.1, 0.15) is 0 Å². The summed E-state index contributed by atoms with van der Waals surface area (Å²) in [6, 6.07) is 0.264. The van der Waals surface area contributed by atoms with Crippen molar-refractivity contribution in [2.24, 2.45) is 5.84 Å². The molecule has 3 N–H and O–H groups in total. The quantitative estimate of drug-likeness (QED) is 0.259. The molecule has 0 aromatic rings. The summed E-state index contributed by atoms with van der Waals surface area (Å²) in [6.07, 6.45) is 6.37. The van der Waals surface area contributed by atoms with Gasteiger partial charge in [-0.25, -0.2) is 0 Å². The first-order valence-corrected chi connectivity index (χ1v) is 5.48. The standard InChI is InChI=1S/C11H24N2O/c1-4-7-8-9-10(13-12)11(5-2)14-6-3/h4,10-11,13H,1,5-9,12H2,2-3H3. The first-order valence-electron chi connectivity index (χ1n) is 5.48. The van der Waals surface area contributed by atoms with Gasteiger partial charge in [-0.3, -0.25) is 11.3 Å². The van der Waals surface area contributed by atoms with Gasteiger partial charge in [-0.05, 0) is 32.6 Å². The van der Waals surface area contributed by atoms with E-state index in [1.54, 1.807) is 0 Å². The third-order valence-corrected chi connectivity index (χ3v) is 2.37. The maximum atomic E-state index is 5.61. The molecule has 3 nitrogen and oxygen atoms in total. The van der Waals surface area contributed by atoms with Crippen molar-refractivity contribution in [3.8, 4) is 0 Å². The summed E-state index contributed by atoms with van der Waals surface area (Å²) in [5.41, 5.74) is 2.84. The average molecular weight is 200 g/mol. The number of ether oxygens (including phenoxy) is 1. The van der Waals surface area contributed by atoms with Gasteiger partial charge in [-0.1, -0.05) is 13.0 Å².